The van der Waals surface area contributed by atoms with Crippen molar-refractivity contribution in [3.8, 4) is 5.75 Å². The largest absolute Gasteiger partial charge is 0.423 e. The van der Waals surface area contributed by atoms with Crippen LogP contribution in [0.5, 0.6) is 5.75 Å². The van der Waals surface area contributed by atoms with E-state index in [2.05, 4.69) is 4.98 Å². The lowest BCUT2D eigenvalue weighted by Crippen LogP contribution is -2.32. The Morgan fingerprint density at radius 3 is 1.94 bits per heavy atom. The number of imide groups is 1. The van der Waals surface area contributed by atoms with Gasteiger partial charge in [-0.05, 0) is 49.2 Å². The monoisotopic (exact) mass is 468 g/mol. The van der Waals surface area contributed by atoms with Gasteiger partial charge >= 0.3 is 11.9 Å². The van der Waals surface area contributed by atoms with Gasteiger partial charge in [0.15, 0.2) is 0 Å². The van der Waals surface area contributed by atoms with Crippen LogP contribution < -0.4 is 4.74 Å². The molecule has 1 fully saturated rings. The number of carbonyl (C=O) groups excluding carboxylic acids is 4. The van der Waals surface area contributed by atoms with Gasteiger partial charge in [0.25, 0.3) is 11.8 Å². The molecule has 174 valence electrons. The predicted octanol–water partition coefficient (Wildman–Crippen LogP) is 4.44. The molecule has 5 rings (SSSR count). The van der Waals surface area contributed by atoms with Crippen molar-refractivity contribution in [1.29, 1.82) is 0 Å². The van der Waals surface area contributed by atoms with Gasteiger partial charge in [0.1, 0.15) is 5.75 Å². The van der Waals surface area contributed by atoms with Gasteiger partial charge in [0.2, 0.25) is 0 Å². The normalized spacial score (nSPS) is 13.5. The van der Waals surface area contributed by atoms with Gasteiger partial charge in [-0.3, -0.25) is 9.59 Å². The highest BCUT2D eigenvalue weighted by Gasteiger charge is 2.33. The lowest BCUT2D eigenvalue weighted by Gasteiger charge is -2.16. The summed E-state index contributed by atoms with van der Waals surface area (Å²) >= 11 is 0. The number of ether oxygens (including phenoxy) is 1. The Balaban J connectivity index is 1.47. The first-order valence-electron chi connectivity index (χ1n) is 11.0. The fourth-order valence-electron chi connectivity index (χ4n) is 4.13. The maximum absolute atomic E-state index is 13.4. The Morgan fingerprint density at radius 2 is 1.34 bits per heavy atom. The number of fused-ring (bicyclic) bond motifs is 2. The Kier molecular flexibility index (Phi) is 5.49. The van der Waals surface area contributed by atoms with Crippen molar-refractivity contribution in [3.63, 3.8) is 0 Å². The minimum atomic E-state index is -0.835. The summed E-state index contributed by atoms with van der Waals surface area (Å²) in [5, 5.41) is 1.85. The smallest absolute Gasteiger partial charge is 0.364 e. The molecule has 0 aliphatic carbocycles. The predicted molar refractivity (Wildman–Crippen MR) is 127 cm³/mol. The second-order valence-electron chi connectivity index (χ2n) is 8.23. The second kappa shape index (κ2) is 8.64. The number of pyridine rings is 1. The van der Waals surface area contributed by atoms with Crippen molar-refractivity contribution in [2.75, 3.05) is 0 Å². The van der Waals surface area contributed by atoms with E-state index in [1.165, 1.54) is 12.1 Å². The van der Waals surface area contributed by atoms with Crippen molar-refractivity contribution in [1.82, 2.24) is 10.0 Å². The molecule has 4 aromatic rings. The summed E-state index contributed by atoms with van der Waals surface area (Å²) in [6, 6.07) is 17.6. The summed E-state index contributed by atoms with van der Waals surface area (Å²) < 4.78 is 5.79. The van der Waals surface area contributed by atoms with Gasteiger partial charge in [0.05, 0.1) is 22.2 Å². The van der Waals surface area contributed by atoms with E-state index >= 15 is 0 Å². The van der Waals surface area contributed by atoms with Gasteiger partial charge in [-0.1, -0.05) is 36.4 Å². The van der Waals surface area contributed by atoms with Crippen molar-refractivity contribution in [2.45, 2.75) is 26.7 Å². The van der Waals surface area contributed by atoms with Crippen LogP contribution >= 0.6 is 0 Å². The number of hydrogen-bond acceptors (Lipinski definition) is 7. The third-order valence-electron chi connectivity index (χ3n) is 6.13. The van der Waals surface area contributed by atoms with Crippen molar-refractivity contribution >= 4 is 45.6 Å². The Labute approximate surface area is 200 Å². The SMILES string of the molecule is Cc1c(OC(=O)c2c3ccccc3nc3ccccc23)ccc(C(=O)ON2C(=O)CCC2=O)c1C. The van der Waals surface area contributed by atoms with Crippen molar-refractivity contribution < 1.29 is 28.8 Å². The van der Waals surface area contributed by atoms with Crippen LogP contribution in [0.2, 0.25) is 0 Å². The van der Waals surface area contributed by atoms with Crippen LogP contribution in [0.15, 0.2) is 60.7 Å². The summed E-state index contributed by atoms with van der Waals surface area (Å²) in [4.78, 5) is 59.2. The number of carbonyl (C=O) groups is 4. The number of para-hydroxylation sites is 2. The van der Waals surface area contributed by atoms with Crippen LogP contribution in [0.4, 0.5) is 0 Å². The quantitative estimate of drug-likeness (QED) is 0.189. The minimum Gasteiger partial charge on any atom is -0.423 e. The molecule has 3 aromatic carbocycles. The van der Waals surface area contributed by atoms with Gasteiger partial charge < -0.3 is 9.57 Å². The molecule has 2 heterocycles. The molecule has 8 nitrogen and oxygen atoms in total. The van der Waals surface area contributed by atoms with Gasteiger partial charge in [-0.15, -0.1) is 5.06 Å². The van der Waals surface area contributed by atoms with E-state index in [9.17, 15) is 19.2 Å². The van der Waals surface area contributed by atoms with Crippen LogP contribution in [0.1, 0.15) is 44.7 Å². The average Bonchev–Trinajstić information content (AvgIpc) is 3.17. The molecule has 0 unspecified atom stereocenters. The highest BCUT2D eigenvalue weighted by Crippen LogP contribution is 2.30. The molecule has 35 heavy (non-hydrogen) atoms. The summed E-state index contributed by atoms with van der Waals surface area (Å²) in [6.07, 6.45) is 0.0226. The summed E-state index contributed by atoms with van der Waals surface area (Å²) in [6.45, 7) is 3.39. The molecule has 0 spiro atoms. The van der Waals surface area contributed by atoms with Gasteiger partial charge in [-0.25, -0.2) is 14.6 Å². The standard InChI is InChI=1S/C27H20N2O6/c1-15-16(2)22(12-11-17(15)26(32)35-29-23(30)13-14-24(29)31)34-27(33)25-18-7-3-5-9-20(18)28-21-10-6-4-8-19(21)25/h3-12H,13-14H2,1-2H3. The van der Waals surface area contributed by atoms with Crippen LogP contribution in [-0.4, -0.2) is 33.8 Å². The molecule has 1 aliphatic heterocycles. The lowest BCUT2D eigenvalue weighted by atomic mass is 10.0. The first-order chi connectivity index (χ1) is 16.8. The van der Waals surface area contributed by atoms with E-state index in [-0.39, 0.29) is 24.2 Å². The minimum absolute atomic E-state index is 0.0113. The number of hydroxylamine groups is 2. The summed E-state index contributed by atoms with van der Waals surface area (Å²) in [5.74, 6) is -2.22. The van der Waals surface area contributed by atoms with Crippen LogP contribution in [0.25, 0.3) is 21.8 Å². The van der Waals surface area contributed by atoms with E-state index in [0.29, 0.717) is 43.6 Å². The molecule has 8 heteroatoms. The topological polar surface area (TPSA) is 103 Å². The summed E-state index contributed by atoms with van der Waals surface area (Å²) in [5.41, 5.74) is 2.97. The molecular weight excluding hydrogens is 448 g/mol. The molecule has 2 amide bonds. The fourth-order valence-corrected chi connectivity index (χ4v) is 4.13. The zero-order valence-electron chi connectivity index (χ0n) is 19.0. The van der Waals surface area contributed by atoms with Crippen LogP contribution in [-0.2, 0) is 14.4 Å². The maximum atomic E-state index is 13.4. The highest BCUT2D eigenvalue weighted by molar-refractivity contribution is 6.15. The van der Waals surface area contributed by atoms with E-state index in [0.717, 1.165) is 0 Å². The van der Waals surface area contributed by atoms with Crippen molar-refractivity contribution in [2.24, 2.45) is 0 Å². The van der Waals surface area contributed by atoms with E-state index in [1.807, 2.05) is 48.5 Å². The Hall–Kier alpha value is -4.59. The van der Waals surface area contributed by atoms with Crippen LogP contribution in [0, 0.1) is 13.8 Å². The number of rotatable bonds is 4. The number of benzene rings is 3. The number of amides is 2. The first kappa shape index (κ1) is 22.2. The molecule has 0 N–H and O–H groups in total. The molecule has 1 aliphatic rings. The molecule has 1 aromatic heterocycles. The second-order valence-corrected chi connectivity index (χ2v) is 8.23. The zero-order chi connectivity index (χ0) is 24.7. The van der Waals surface area contributed by atoms with E-state index in [4.69, 9.17) is 9.57 Å². The first-order valence-corrected chi connectivity index (χ1v) is 11.0. The zero-order valence-corrected chi connectivity index (χ0v) is 19.0. The Bertz CT molecular complexity index is 1490. The number of esters is 1. The van der Waals surface area contributed by atoms with Crippen LogP contribution in [0.3, 0.4) is 0 Å². The van der Waals surface area contributed by atoms with Gasteiger partial charge in [0, 0.05) is 23.6 Å². The van der Waals surface area contributed by atoms with E-state index < -0.39 is 23.8 Å². The maximum Gasteiger partial charge on any atom is 0.364 e. The molecule has 0 bridgehead atoms. The number of aromatic nitrogens is 1. The Morgan fingerprint density at radius 1 is 0.771 bits per heavy atom. The molecule has 0 radical (unpaired) electrons. The molecule has 0 saturated carbocycles. The number of nitrogens with zero attached hydrogens (tertiary/aromatic N) is 2. The van der Waals surface area contributed by atoms with Gasteiger partial charge in [-0.2, -0.15) is 0 Å². The third kappa shape index (κ3) is 3.89. The molecule has 1 saturated heterocycles. The number of hydrogen-bond donors (Lipinski definition) is 0. The summed E-state index contributed by atoms with van der Waals surface area (Å²) in [7, 11) is 0. The van der Waals surface area contributed by atoms with Crippen molar-refractivity contribution in [3.05, 3.63) is 82.9 Å². The lowest BCUT2D eigenvalue weighted by molar-refractivity contribution is -0.172. The molecular formula is C27H20N2O6. The third-order valence-corrected chi connectivity index (χ3v) is 6.13. The average molecular weight is 468 g/mol. The molecule has 0 atom stereocenters. The highest BCUT2D eigenvalue weighted by atomic mass is 16.7. The fraction of sp³-hybridized carbons (Fsp3) is 0.148. The van der Waals surface area contributed by atoms with E-state index in [1.54, 1.807) is 13.8 Å².